The molecular formula is C16H21NOS. The molecule has 0 atom stereocenters. The summed E-state index contributed by atoms with van der Waals surface area (Å²) in [6.07, 6.45) is 2.27. The Hall–Kier alpha value is -1.32. The van der Waals surface area contributed by atoms with Gasteiger partial charge in [0, 0.05) is 23.5 Å². The summed E-state index contributed by atoms with van der Waals surface area (Å²) in [6.45, 7) is 4.75. The highest BCUT2D eigenvalue weighted by molar-refractivity contribution is 7.09. The third-order valence-corrected chi connectivity index (χ3v) is 3.80. The van der Waals surface area contributed by atoms with Gasteiger partial charge in [-0.15, -0.1) is 11.3 Å². The zero-order valence-corrected chi connectivity index (χ0v) is 12.2. The summed E-state index contributed by atoms with van der Waals surface area (Å²) in [7, 11) is 0. The Labute approximate surface area is 119 Å². The van der Waals surface area contributed by atoms with Crippen LogP contribution in [0.1, 0.15) is 30.2 Å². The lowest BCUT2D eigenvalue weighted by Crippen LogP contribution is -2.13. The van der Waals surface area contributed by atoms with E-state index in [2.05, 4.69) is 48.0 Å². The van der Waals surface area contributed by atoms with Crippen LogP contribution in [-0.4, -0.2) is 6.61 Å². The summed E-state index contributed by atoms with van der Waals surface area (Å²) in [4.78, 5) is 1.37. The van der Waals surface area contributed by atoms with Crippen LogP contribution >= 0.6 is 11.3 Å². The highest BCUT2D eigenvalue weighted by Crippen LogP contribution is 2.18. The fourth-order valence-corrected chi connectivity index (χ4v) is 2.53. The fourth-order valence-electron chi connectivity index (χ4n) is 1.85. The molecule has 0 spiro atoms. The van der Waals surface area contributed by atoms with Crippen LogP contribution in [0.4, 0.5) is 0 Å². The molecule has 2 rings (SSSR count). The molecule has 1 aromatic carbocycles. The van der Waals surface area contributed by atoms with Crippen LogP contribution in [0.5, 0.6) is 5.75 Å². The third-order valence-electron chi connectivity index (χ3n) is 2.92. The van der Waals surface area contributed by atoms with Gasteiger partial charge < -0.3 is 10.1 Å². The van der Waals surface area contributed by atoms with Crippen molar-refractivity contribution >= 4 is 11.3 Å². The second kappa shape index (κ2) is 7.97. The van der Waals surface area contributed by atoms with E-state index < -0.39 is 0 Å². The normalized spacial score (nSPS) is 10.6. The summed E-state index contributed by atoms with van der Waals surface area (Å²) < 4.78 is 5.83. The molecule has 0 fully saturated rings. The van der Waals surface area contributed by atoms with Crippen molar-refractivity contribution in [3.8, 4) is 5.75 Å². The van der Waals surface area contributed by atoms with Crippen LogP contribution in [0.3, 0.4) is 0 Å². The second-order valence-corrected chi connectivity index (χ2v) is 5.52. The molecule has 102 valence electrons. The number of para-hydroxylation sites is 1. The molecule has 0 saturated heterocycles. The van der Waals surface area contributed by atoms with E-state index in [1.165, 1.54) is 16.9 Å². The number of rotatable bonds is 8. The maximum absolute atomic E-state index is 5.83. The van der Waals surface area contributed by atoms with E-state index in [0.29, 0.717) is 0 Å². The lowest BCUT2D eigenvalue weighted by atomic mass is 10.2. The first-order valence-electron chi connectivity index (χ1n) is 6.84. The van der Waals surface area contributed by atoms with Crippen LogP contribution in [0.15, 0.2) is 41.8 Å². The van der Waals surface area contributed by atoms with E-state index in [9.17, 15) is 0 Å². The Morgan fingerprint density at radius 3 is 2.79 bits per heavy atom. The van der Waals surface area contributed by atoms with Crippen molar-refractivity contribution in [2.75, 3.05) is 6.61 Å². The molecule has 1 N–H and O–H groups in total. The fraction of sp³-hybridized carbons (Fsp3) is 0.375. The molecule has 3 heteroatoms. The van der Waals surface area contributed by atoms with Crippen molar-refractivity contribution in [3.63, 3.8) is 0 Å². The van der Waals surface area contributed by atoms with E-state index >= 15 is 0 Å². The first kappa shape index (κ1) is 14.1. The van der Waals surface area contributed by atoms with E-state index in [0.717, 1.165) is 31.9 Å². The van der Waals surface area contributed by atoms with Crippen molar-refractivity contribution in [2.45, 2.75) is 32.9 Å². The summed E-state index contributed by atoms with van der Waals surface area (Å²) in [5.74, 6) is 1.01. The van der Waals surface area contributed by atoms with Gasteiger partial charge >= 0.3 is 0 Å². The van der Waals surface area contributed by atoms with E-state index in [1.807, 2.05) is 6.07 Å². The Morgan fingerprint density at radius 1 is 1.11 bits per heavy atom. The van der Waals surface area contributed by atoms with Gasteiger partial charge in [0.25, 0.3) is 0 Å². The SMILES string of the molecule is CCCCOc1ccccc1CNCc1cccs1. The average Bonchev–Trinajstić information content (AvgIpc) is 2.94. The van der Waals surface area contributed by atoms with Crippen LogP contribution < -0.4 is 10.1 Å². The topological polar surface area (TPSA) is 21.3 Å². The van der Waals surface area contributed by atoms with Crippen LogP contribution in [0.2, 0.25) is 0 Å². The van der Waals surface area contributed by atoms with Crippen molar-refractivity contribution in [1.29, 1.82) is 0 Å². The van der Waals surface area contributed by atoms with Crippen molar-refractivity contribution in [3.05, 3.63) is 52.2 Å². The molecule has 0 aliphatic rings. The number of hydrogen-bond donors (Lipinski definition) is 1. The zero-order chi connectivity index (χ0) is 13.3. The van der Waals surface area contributed by atoms with Crippen LogP contribution in [-0.2, 0) is 13.1 Å². The van der Waals surface area contributed by atoms with Gasteiger partial charge in [-0.3, -0.25) is 0 Å². The molecule has 0 bridgehead atoms. The molecule has 0 unspecified atom stereocenters. The van der Waals surface area contributed by atoms with Crippen molar-refractivity contribution < 1.29 is 4.74 Å². The van der Waals surface area contributed by atoms with Crippen LogP contribution in [0, 0.1) is 0 Å². The predicted octanol–water partition coefficient (Wildman–Crippen LogP) is 4.22. The lowest BCUT2D eigenvalue weighted by Gasteiger charge is -2.11. The quantitative estimate of drug-likeness (QED) is 0.728. The Balaban J connectivity index is 1.84. The van der Waals surface area contributed by atoms with E-state index in [-0.39, 0.29) is 0 Å². The standard InChI is InChI=1S/C16H21NOS/c1-2-3-10-18-16-9-5-4-7-14(16)12-17-13-15-8-6-11-19-15/h4-9,11,17H,2-3,10,12-13H2,1H3. The summed E-state index contributed by atoms with van der Waals surface area (Å²) in [6, 6.07) is 12.5. The number of thiophene rings is 1. The summed E-state index contributed by atoms with van der Waals surface area (Å²) in [5.41, 5.74) is 1.23. The number of benzene rings is 1. The van der Waals surface area contributed by atoms with E-state index in [1.54, 1.807) is 11.3 Å². The molecular weight excluding hydrogens is 254 g/mol. The minimum atomic E-state index is 0.804. The smallest absolute Gasteiger partial charge is 0.123 e. The lowest BCUT2D eigenvalue weighted by molar-refractivity contribution is 0.305. The first-order valence-corrected chi connectivity index (χ1v) is 7.72. The summed E-state index contributed by atoms with van der Waals surface area (Å²) in [5, 5.41) is 5.58. The van der Waals surface area contributed by atoms with Gasteiger partial charge in [0.05, 0.1) is 6.61 Å². The van der Waals surface area contributed by atoms with Gasteiger partial charge in [0.1, 0.15) is 5.75 Å². The highest BCUT2D eigenvalue weighted by Gasteiger charge is 2.02. The van der Waals surface area contributed by atoms with Gasteiger partial charge in [0.2, 0.25) is 0 Å². The minimum Gasteiger partial charge on any atom is -0.493 e. The Kier molecular flexibility index (Phi) is 5.92. The Morgan fingerprint density at radius 2 is 2.00 bits per heavy atom. The van der Waals surface area contributed by atoms with Gasteiger partial charge in [0.15, 0.2) is 0 Å². The van der Waals surface area contributed by atoms with Crippen molar-refractivity contribution in [1.82, 2.24) is 5.32 Å². The molecule has 0 amide bonds. The molecule has 2 aromatic rings. The van der Waals surface area contributed by atoms with Gasteiger partial charge in [-0.05, 0) is 23.9 Å². The third kappa shape index (κ3) is 4.69. The number of unbranched alkanes of at least 4 members (excludes halogenated alkanes) is 1. The number of ether oxygens (including phenoxy) is 1. The molecule has 0 aliphatic heterocycles. The molecule has 1 aromatic heterocycles. The average molecular weight is 275 g/mol. The molecule has 1 heterocycles. The molecule has 19 heavy (non-hydrogen) atoms. The number of hydrogen-bond acceptors (Lipinski definition) is 3. The molecule has 0 saturated carbocycles. The van der Waals surface area contributed by atoms with Gasteiger partial charge in [-0.25, -0.2) is 0 Å². The minimum absolute atomic E-state index is 0.804. The largest absolute Gasteiger partial charge is 0.493 e. The van der Waals surface area contributed by atoms with Gasteiger partial charge in [-0.2, -0.15) is 0 Å². The van der Waals surface area contributed by atoms with Gasteiger partial charge in [-0.1, -0.05) is 37.6 Å². The zero-order valence-electron chi connectivity index (χ0n) is 11.4. The van der Waals surface area contributed by atoms with E-state index in [4.69, 9.17) is 4.74 Å². The predicted molar refractivity (Wildman–Crippen MR) is 81.7 cm³/mol. The van der Waals surface area contributed by atoms with Crippen molar-refractivity contribution in [2.24, 2.45) is 0 Å². The Bertz CT molecular complexity index is 467. The first-order chi connectivity index (χ1) is 9.40. The molecule has 2 nitrogen and oxygen atoms in total. The highest BCUT2D eigenvalue weighted by atomic mass is 32.1. The maximum atomic E-state index is 5.83. The second-order valence-electron chi connectivity index (χ2n) is 4.49. The molecule has 0 radical (unpaired) electrons. The number of nitrogens with one attached hydrogen (secondary N) is 1. The summed E-state index contributed by atoms with van der Waals surface area (Å²) >= 11 is 1.79. The maximum Gasteiger partial charge on any atom is 0.123 e. The monoisotopic (exact) mass is 275 g/mol. The molecule has 0 aliphatic carbocycles. The van der Waals surface area contributed by atoms with Crippen LogP contribution in [0.25, 0.3) is 0 Å².